The molecule has 0 spiro atoms. The van der Waals surface area contributed by atoms with Gasteiger partial charge in [0.2, 0.25) is 5.91 Å². The van der Waals surface area contributed by atoms with Crippen LogP contribution in [-0.2, 0) is 11.3 Å². The molecule has 0 bridgehead atoms. The normalized spacial score (nSPS) is 11.9. The van der Waals surface area contributed by atoms with E-state index in [0.717, 1.165) is 28.3 Å². The summed E-state index contributed by atoms with van der Waals surface area (Å²) in [5, 5.41) is 5.37. The summed E-state index contributed by atoms with van der Waals surface area (Å²) >= 11 is 0. The number of pyridine rings is 1. The van der Waals surface area contributed by atoms with Crippen LogP contribution < -0.4 is 5.32 Å². The number of aromatic nitrogens is 1. The third kappa shape index (κ3) is 3.97. The summed E-state index contributed by atoms with van der Waals surface area (Å²) < 4.78 is 0. The van der Waals surface area contributed by atoms with Gasteiger partial charge in [-0.25, -0.2) is 0 Å². The molecule has 4 rings (SSSR count). The van der Waals surface area contributed by atoms with E-state index in [-0.39, 0.29) is 11.8 Å². The van der Waals surface area contributed by atoms with E-state index in [2.05, 4.69) is 59.7 Å². The molecule has 1 amide bonds. The lowest BCUT2D eigenvalue weighted by atomic mass is 9.93. The Morgan fingerprint density at radius 1 is 0.900 bits per heavy atom. The molecule has 0 fully saturated rings. The average molecular weight is 395 g/mol. The molecule has 0 saturated heterocycles. The summed E-state index contributed by atoms with van der Waals surface area (Å²) in [5.74, 6) is -0.0782. The lowest BCUT2D eigenvalue weighted by Gasteiger charge is -2.17. The van der Waals surface area contributed by atoms with E-state index in [0.29, 0.717) is 6.54 Å². The fourth-order valence-electron chi connectivity index (χ4n) is 4.08. The van der Waals surface area contributed by atoms with Crippen molar-refractivity contribution in [3.8, 4) is 11.1 Å². The molecule has 150 valence electrons. The highest BCUT2D eigenvalue weighted by Crippen LogP contribution is 2.32. The van der Waals surface area contributed by atoms with Crippen LogP contribution in [0.2, 0.25) is 0 Å². The first-order valence-corrected chi connectivity index (χ1v) is 10.4. The monoisotopic (exact) mass is 394 g/mol. The molecule has 1 N–H and O–H groups in total. The van der Waals surface area contributed by atoms with Crippen molar-refractivity contribution in [3.05, 3.63) is 102 Å². The molecule has 1 aromatic heterocycles. The molecule has 0 aliphatic rings. The summed E-state index contributed by atoms with van der Waals surface area (Å²) in [4.78, 5) is 17.2. The maximum absolute atomic E-state index is 12.9. The molecule has 0 saturated carbocycles. The molecule has 30 heavy (non-hydrogen) atoms. The van der Waals surface area contributed by atoms with Gasteiger partial charge in [0.1, 0.15) is 0 Å². The van der Waals surface area contributed by atoms with Gasteiger partial charge in [0.15, 0.2) is 0 Å². The van der Waals surface area contributed by atoms with Crippen molar-refractivity contribution in [2.75, 3.05) is 0 Å². The molecule has 0 radical (unpaired) electrons. The van der Waals surface area contributed by atoms with Crippen molar-refractivity contribution < 1.29 is 4.79 Å². The molecule has 3 nitrogen and oxygen atoms in total. The smallest absolute Gasteiger partial charge is 0.227 e. The van der Waals surface area contributed by atoms with Crippen LogP contribution in [0.15, 0.2) is 85.2 Å². The summed E-state index contributed by atoms with van der Waals surface area (Å²) in [5.41, 5.74) is 5.78. The van der Waals surface area contributed by atoms with Gasteiger partial charge >= 0.3 is 0 Å². The average Bonchev–Trinajstić information content (AvgIpc) is 2.79. The standard InChI is InChI=1S/C27H26N2O/c1-3-22(20-10-5-4-6-11-20)27(30)29-17-21-13-14-24(23-12-8-7-9-19(23)2)25-15-16-28-18-26(21)25/h4-16,18,22H,3,17H2,1-2H3,(H,29,30)/t22-/m0/s1. The quantitative estimate of drug-likeness (QED) is 0.434. The number of nitrogens with zero attached hydrogens (tertiary/aromatic N) is 1. The van der Waals surface area contributed by atoms with E-state index in [1.165, 1.54) is 16.7 Å². The van der Waals surface area contributed by atoms with Crippen LogP contribution in [0.3, 0.4) is 0 Å². The number of amides is 1. The Kier molecular flexibility index (Phi) is 5.89. The minimum Gasteiger partial charge on any atom is -0.351 e. The largest absolute Gasteiger partial charge is 0.351 e. The highest BCUT2D eigenvalue weighted by molar-refractivity contribution is 5.98. The van der Waals surface area contributed by atoms with E-state index >= 15 is 0 Å². The van der Waals surface area contributed by atoms with E-state index < -0.39 is 0 Å². The molecular weight excluding hydrogens is 368 g/mol. The number of hydrogen-bond donors (Lipinski definition) is 1. The molecule has 4 aromatic rings. The number of hydrogen-bond acceptors (Lipinski definition) is 2. The van der Waals surface area contributed by atoms with Gasteiger partial charge in [0.05, 0.1) is 5.92 Å². The van der Waals surface area contributed by atoms with Crippen LogP contribution in [0.1, 0.15) is 36.0 Å². The Hall–Kier alpha value is -3.46. The fourth-order valence-corrected chi connectivity index (χ4v) is 4.08. The van der Waals surface area contributed by atoms with Gasteiger partial charge in [0, 0.05) is 24.3 Å². The molecule has 1 atom stereocenters. The van der Waals surface area contributed by atoms with Crippen LogP contribution in [0, 0.1) is 6.92 Å². The van der Waals surface area contributed by atoms with Crippen molar-refractivity contribution in [2.45, 2.75) is 32.7 Å². The van der Waals surface area contributed by atoms with Gasteiger partial charge in [-0.15, -0.1) is 0 Å². The molecular formula is C27H26N2O. The van der Waals surface area contributed by atoms with E-state index in [9.17, 15) is 4.79 Å². The summed E-state index contributed by atoms with van der Waals surface area (Å²) in [6.45, 7) is 4.66. The number of carbonyl (C=O) groups is 1. The van der Waals surface area contributed by atoms with E-state index in [1.807, 2.05) is 49.6 Å². The minimum absolute atomic E-state index is 0.0590. The highest BCUT2D eigenvalue weighted by atomic mass is 16.1. The number of benzene rings is 3. The zero-order valence-corrected chi connectivity index (χ0v) is 17.4. The van der Waals surface area contributed by atoms with Crippen molar-refractivity contribution in [1.29, 1.82) is 0 Å². The van der Waals surface area contributed by atoms with Gasteiger partial charge in [0.25, 0.3) is 0 Å². The second-order valence-electron chi connectivity index (χ2n) is 7.60. The Morgan fingerprint density at radius 2 is 1.67 bits per heavy atom. The van der Waals surface area contributed by atoms with Crippen LogP contribution in [-0.4, -0.2) is 10.9 Å². The van der Waals surface area contributed by atoms with E-state index in [4.69, 9.17) is 0 Å². The third-order valence-electron chi connectivity index (χ3n) is 5.72. The molecule has 3 aromatic carbocycles. The van der Waals surface area contributed by atoms with Gasteiger partial charge in [-0.05, 0) is 52.6 Å². The Morgan fingerprint density at radius 3 is 2.43 bits per heavy atom. The number of carbonyl (C=O) groups excluding carboxylic acids is 1. The Bertz CT molecular complexity index is 1170. The second kappa shape index (κ2) is 8.91. The highest BCUT2D eigenvalue weighted by Gasteiger charge is 2.18. The molecule has 0 aliphatic carbocycles. The number of nitrogens with one attached hydrogen (secondary N) is 1. The van der Waals surface area contributed by atoms with Crippen molar-refractivity contribution >= 4 is 16.7 Å². The maximum Gasteiger partial charge on any atom is 0.227 e. The van der Waals surface area contributed by atoms with Crippen molar-refractivity contribution in [3.63, 3.8) is 0 Å². The van der Waals surface area contributed by atoms with Crippen molar-refractivity contribution in [1.82, 2.24) is 10.3 Å². The Balaban J connectivity index is 1.62. The maximum atomic E-state index is 12.9. The SMILES string of the molecule is CC[C@H](C(=O)NCc1ccc(-c2ccccc2C)c2ccncc12)c1ccccc1. The van der Waals surface area contributed by atoms with Gasteiger partial charge in [-0.1, -0.05) is 73.7 Å². The van der Waals surface area contributed by atoms with Crippen LogP contribution in [0.5, 0.6) is 0 Å². The number of rotatable bonds is 6. The molecule has 0 aliphatic heterocycles. The lowest BCUT2D eigenvalue weighted by molar-refractivity contribution is -0.122. The lowest BCUT2D eigenvalue weighted by Crippen LogP contribution is -2.28. The number of fused-ring (bicyclic) bond motifs is 1. The first kappa shape index (κ1) is 19.8. The first-order valence-electron chi connectivity index (χ1n) is 10.4. The summed E-state index contributed by atoms with van der Waals surface area (Å²) in [7, 11) is 0. The second-order valence-corrected chi connectivity index (χ2v) is 7.60. The van der Waals surface area contributed by atoms with Crippen LogP contribution >= 0.6 is 0 Å². The predicted octanol–water partition coefficient (Wildman–Crippen LogP) is 6.02. The van der Waals surface area contributed by atoms with Crippen LogP contribution in [0.4, 0.5) is 0 Å². The third-order valence-corrected chi connectivity index (χ3v) is 5.72. The number of aryl methyl sites for hydroxylation is 1. The minimum atomic E-state index is -0.137. The van der Waals surface area contributed by atoms with E-state index in [1.54, 1.807) is 0 Å². The summed E-state index contributed by atoms with van der Waals surface area (Å²) in [6.07, 6.45) is 4.49. The first-order chi connectivity index (χ1) is 14.7. The molecule has 3 heteroatoms. The van der Waals surface area contributed by atoms with Gasteiger partial charge in [-0.3, -0.25) is 9.78 Å². The fraction of sp³-hybridized carbons (Fsp3) is 0.185. The van der Waals surface area contributed by atoms with Crippen molar-refractivity contribution in [2.24, 2.45) is 0 Å². The van der Waals surface area contributed by atoms with Gasteiger partial charge < -0.3 is 5.32 Å². The topological polar surface area (TPSA) is 42.0 Å². The Labute approximate surface area is 177 Å². The zero-order valence-electron chi connectivity index (χ0n) is 17.4. The van der Waals surface area contributed by atoms with Gasteiger partial charge in [-0.2, -0.15) is 0 Å². The molecule has 0 unspecified atom stereocenters. The summed E-state index contributed by atoms with van der Waals surface area (Å²) in [6, 6.07) is 24.7. The molecule has 1 heterocycles. The predicted molar refractivity (Wildman–Crippen MR) is 123 cm³/mol. The zero-order chi connectivity index (χ0) is 20.9. The van der Waals surface area contributed by atoms with Crippen LogP contribution in [0.25, 0.3) is 21.9 Å².